The first kappa shape index (κ1) is 12.8. The molecule has 1 aromatic carbocycles. The van der Waals surface area contributed by atoms with Gasteiger partial charge in [-0.15, -0.1) is 0 Å². The molecule has 1 aromatic rings. The first-order chi connectivity index (χ1) is 7.63. The molecular weight excluding hydrogens is 200 g/mol. The lowest BCUT2D eigenvalue weighted by Crippen LogP contribution is -2.03. The van der Waals surface area contributed by atoms with Crippen LogP contribution >= 0.6 is 0 Å². The van der Waals surface area contributed by atoms with Gasteiger partial charge in [-0.05, 0) is 24.0 Å². The molecule has 0 radical (unpaired) electrons. The summed E-state index contributed by atoms with van der Waals surface area (Å²) < 4.78 is 5.31. The third kappa shape index (κ3) is 2.63. The Morgan fingerprint density at radius 2 is 2.06 bits per heavy atom. The van der Waals surface area contributed by atoms with Gasteiger partial charge in [-0.1, -0.05) is 32.9 Å². The molecule has 0 saturated heterocycles. The van der Waals surface area contributed by atoms with Gasteiger partial charge in [-0.3, -0.25) is 0 Å². The Bertz CT molecular complexity index is 356. The average Bonchev–Trinajstić information content (AvgIpc) is 2.30. The molecule has 0 aromatic heterocycles. The highest BCUT2D eigenvalue weighted by molar-refractivity contribution is 5.64. The summed E-state index contributed by atoms with van der Waals surface area (Å²) in [5, 5.41) is 0. The zero-order valence-corrected chi connectivity index (χ0v) is 10.5. The number of hydrogen-bond donors (Lipinski definition) is 0. The van der Waals surface area contributed by atoms with Crippen molar-refractivity contribution in [2.75, 3.05) is 7.11 Å². The molecule has 0 spiro atoms. The molecule has 0 amide bonds. The van der Waals surface area contributed by atoms with Gasteiger partial charge < -0.3 is 9.53 Å². The molecule has 0 aliphatic heterocycles. The molecule has 2 heteroatoms. The summed E-state index contributed by atoms with van der Waals surface area (Å²) in [6.45, 7) is 6.31. The van der Waals surface area contributed by atoms with E-state index in [2.05, 4.69) is 26.0 Å². The standard InChI is InChI=1S/C14H20O2/c1-5-11(9-15)13-8-12(10(2)3)6-7-14(13)16-4/h6-11H,5H2,1-4H3. The van der Waals surface area contributed by atoms with E-state index < -0.39 is 0 Å². The second-order valence-electron chi connectivity index (χ2n) is 4.31. The minimum atomic E-state index is -0.0614. The van der Waals surface area contributed by atoms with E-state index in [1.807, 2.05) is 13.0 Å². The van der Waals surface area contributed by atoms with Crippen molar-refractivity contribution in [3.8, 4) is 5.75 Å². The van der Waals surface area contributed by atoms with Crippen molar-refractivity contribution in [2.45, 2.75) is 39.0 Å². The molecule has 0 fully saturated rings. The van der Waals surface area contributed by atoms with Crippen molar-refractivity contribution in [3.63, 3.8) is 0 Å². The molecule has 0 aliphatic carbocycles. The molecular formula is C14H20O2. The maximum atomic E-state index is 11.0. The van der Waals surface area contributed by atoms with Gasteiger partial charge in [-0.25, -0.2) is 0 Å². The number of ether oxygens (including phenoxy) is 1. The second kappa shape index (κ2) is 5.69. The van der Waals surface area contributed by atoms with E-state index >= 15 is 0 Å². The summed E-state index contributed by atoms with van der Waals surface area (Å²) in [5.41, 5.74) is 2.25. The molecule has 1 unspecified atom stereocenters. The lowest BCUT2D eigenvalue weighted by molar-refractivity contribution is -0.109. The van der Waals surface area contributed by atoms with Crippen LogP contribution in [0, 0.1) is 0 Å². The van der Waals surface area contributed by atoms with Crippen LogP contribution in [0.15, 0.2) is 18.2 Å². The van der Waals surface area contributed by atoms with Crippen LogP contribution in [0.2, 0.25) is 0 Å². The van der Waals surface area contributed by atoms with Gasteiger partial charge in [0.15, 0.2) is 0 Å². The fourth-order valence-corrected chi connectivity index (χ4v) is 1.79. The van der Waals surface area contributed by atoms with Crippen molar-refractivity contribution in [1.29, 1.82) is 0 Å². The highest BCUT2D eigenvalue weighted by atomic mass is 16.5. The third-order valence-electron chi connectivity index (χ3n) is 2.92. The van der Waals surface area contributed by atoms with E-state index in [4.69, 9.17) is 4.74 Å². The molecule has 0 saturated carbocycles. The van der Waals surface area contributed by atoms with Crippen LogP contribution in [0.5, 0.6) is 5.75 Å². The molecule has 0 aliphatic rings. The Kier molecular flexibility index (Phi) is 4.53. The molecule has 1 rings (SSSR count). The summed E-state index contributed by atoms with van der Waals surface area (Å²) in [4.78, 5) is 11.0. The monoisotopic (exact) mass is 220 g/mol. The molecule has 1 atom stereocenters. The number of benzene rings is 1. The number of hydrogen-bond acceptors (Lipinski definition) is 2. The highest BCUT2D eigenvalue weighted by Gasteiger charge is 2.15. The van der Waals surface area contributed by atoms with Crippen LogP contribution in [0.25, 0.3) is 0 Å². The first-order valence-electron chi connectivity index (χ1n) is 5.77. The molecule has 0 heterocycles. The quantitative estimate of drug-likeness (QED) is 0.710. The van der Waals surface area contributed by atoms with Crippen molar-refractivity contribution in [2.24, 2.45) is 0 Å². The Morgan fingerprint density at radius 1 is 1.38 bits per heavy atom. The van der Waals surface area contributed by atoms with Gasteiger partial charge >= 0.3 is 0 Å². The zero-order valence-electron chi connectivity index (χ0n) is 10.5. The topological polar surface area (TPSA) is 26.3 Å². The Labute approximate surface area is 97.6 Å². The van der Waals surface area contributed by atoms with Crippen LogP contribution < -0.4 is 4.74 Å². The van der Waals surface area contributed by atoms with Crippen LogP contribution in [-0.4, -0.2) is 13.4 Å². The minimum Gasteiger partial charge on any atom is -0.496 e. The fourth-order valence-electron chi connectivity index (χ4n) is 1.79. The summed E-state index contributed by atoms with van der Waals surface area (Å²) in [6.07, 6.45) is 1.81. The predicted octanol–water partition coefficient (Wildman–Crippen LogP) is 3.51. The largest absolute Gasteiger partial charge is 0.496 e. The molecule has 2 nitrogen and oxygen atoms in total. The van der Waals surface area contributed by atoms with E-state index in [-0.39, 0.29) is 5.92 Å². The minimum absolute atomic E-state index is 0.0614. The number of rotatable bonds is 5. The lowest BCUT2D eigenvalue weighted by Gasteiger charge is -2.16. The van der Waals surface area contributed by atoms with Crippen molar-refractivity contribution < 1.29 is 9.53 Å². The van der Waals surface area contributed by atoms with Gasteiger partial charge in [-0.2, -0.15) is 0 Å². The predicted molar refractivity (Wildman–Crippen MR) is 66.2 cm³/mol. The van der Waals surface area contributed by atoms with Crippen molar-refractivity contribution in [1.82, 2.24) is 0 Å². The Hall–Kier alpha value is -1.31. The third-order valence-corrected chi connectivity index (χ3v) is 2.92. The van der Waals surface area contributed by atoms with Gasteiger partial charge in [0.1, 0.15) is 12.0 Å². The summed E-state index contributed by atoms with van der Waals surface area (Å²) in [5.74, 6) is 1.21. The van der Waals surface area contributed by atoms with E-state index in [1.54, 1.807) is 7.11 Å². The van der Waals surface area contributed by atoms with Gasteiger partial charge in [0.05, 0.1) is 7.11 Å². The molecule has 0 N–H and O–H groups in total. The van der Waals surface area contributed by atoms with E-state index in [9.17, 15) is 4.79 Å². The van der Waals surface area contributed by atoms with E-state index in [0.29, 0.717) is 5.92 Å². The van der Waals surface area contributed by atoms with Crippen LogP contribution in [0.1, 0.15) is 50.2 Å². The number of methoxy groups -OCH3 is 1. The van der Waals surface area contributed by atoms with Gasteiger partial charge in [0, 0.05) is 11.5 Å². The summed E-state index contributed by atoms with van der Waals surface area (Å²) in [7, 11) is 1.64. The van der Waals surface area contributed by atoms with E-state index in [0.717, 1.165) is 24.0 Å². The average molecular weight is 220 g/mol. The zero-order chi connectivity index (χ0) is 12.1. The Morgan fingerprint density at radius 3 is 2.50 bits per heavy atom. The van der Waals surface area contributed by atoms with Gasteiger partial charge in [0.2, 0.25) is 0 Å². The fraction of sp³-hybridized carbons (Fsp3) is 0.500. The van der Waals surface area contributed by atoms with Crippen LogP contribution in [-0.2, 0) is 4.79 Å². The summed E-state index contributed by atoms with van der Waals surface area (Å²) >= 11 is 0. The smallest absolute Gasteiger partial charge is 0.127 e. The number of aldehydes is 1. The second-order valence-corrected chi connectivity index (χ2v) is 4.31. The van der Waals surface area contributed by atoms with Gasteiger partial charge in [0.25, 0.3) is 0 Å². The molecule has 0 bridgehead atoms. The SMILES string of the molecule is CCC(C=O)c1cc(C(C)C)ccc1OC. The number of carbonyl (C=O) groups excluding carboxylic acids is 1. The number of carbonyl (C=O) groups is 1. The summed E-state index contributed by atoms with van der Waals surface area (Å²) in [6, 6.07) is 6.10. The lowest BCUT2D eigenvalue weighted by atomic mass is 9.92. The maximum Gasteiger partial charge on any atom is 0.127 e. The molecule has 16 heavy (non-hydrogen) atoms. The van der Waals surface area contributed by atoms with Crippen LogP contribution in [0.4, 0.5) is 0 Å². The molecule has 88 valence electrons. The maximum absolute atomic E-state index is 11.0. The Balaban J connectivity index is 3.20. The normalized spacial score (nSPS) is 12.6. The van der Waals surface area contributed by atoms with Crippen molar-refractivity contribution in [3.05, 3.63) is 29.3 Å². The highest BCUT2D eigenvalue weighted by Crippen LogP contribution is 2.30. The first-order valence-corrected chi connectivity index (χ1v) is 5.77. The van der Waals surface area contributed by atoms with Crippen molar-refractivity contribution >= 4 is 6.29 Å². The van der Waals surface area contributed by atoms with Crippen LogP contribution in [0.3, 0.4) is 0 Å². The van der Waals surface area contributed by atoms with E-state index in [1.165, 1.54) is 5.56 Å².